The van der Waals surface area contributed by atoms with Gasteiger partial charge < -0.3 is 20.3 Å². The zero-order chi connectivity index (χ0) is 23.8. The van der Waals surface area contributed by atoms with Crippen LogP contribution in [-0.4, -0.2) is 69.2 Å². The Morgan fingerprint density at radius 3 is 2.42 bits per heavy atom. The van der Waals surface area contributed by atoms with Gasteiger partial charge in [-0.1, -0.05) is 24.3 Å². The van der Waals surface area contributed by atoms with Crippen molar-refractivity contribution in [1.82, 2.24) is 20.7 Å². The Morgan fingerprint density at radius 2 is 1.82 bits per heavy atom. The van der Waals surface area contributed by atoms with Crippen molar-refractivity contribution in [1.29, 1.82) is 5.26 Å². The molecule has 33 heavy (non-hydrogen) atoms. The third-order valence-corrected chi connectivity index (χ3v) is 5.62. The summed E-state index contributed by atoms with van der Waals surface area (Å²) in [6.45, 7) is 2.31. The van der Waals surface area contributed by atoms with Crippen LogP contribution in [0.2, 0.25) is 0 Å². The van der Waals surface area contributed by atoms with Crippen LogP contribution < -0.4 is 20.3 Å². The van der Waals surface area contributed by atoms with Crippen molar-refractivity contribution in [3.63, 3.8) is 0 Å². The van der Waals surface area contributed by atoms with E-state index in [1.165, 1.54) is 18.2 Å². The van der Waals surface area contributed by atoms with E-state index in [1.54, 1.807) is 35.2 Å². The fraction of sp³-hybridized carbons (Fsp3) is 0.375. The number of hydrogen-bond donors (Lipinski definition) is 2. The third-order valence-electron chi connectivity index (χ3n) is 5.62. The van der Waals surface area contributed by atoms with Crippen LogP contribution in [0.5, 0.6) is 5.75 Å². The molecule has 0 saturated carbocycles. The van der Waals surface area contributed by atoms with Gasteiger partial charge in [0.1, 0.15) is 5.75 Å². The van der Waals surface area contributed by atoms with Gasteiger partial charge in [0.2, 0.25) is 5.91 Å². The van der Waals surface area contributed by atoms with Crippen LogP contribution in [0.15, 0.2) is 42.5 Å². The molecule has 0 saturated heterocycles. The first-order chi connectivity index (χ1) is 16.0. The molecule has 0 fully saturated rings. The first-order valence-electron chi connectivity index (χ1n) is 10.8. The summed E-state index contributed by atoms with van der Waals surface area (Å²) in [5.74, 6) is 0.0926. The molecule has 174 valence electrons. The number of nitrogens with zero attached hydrogens (tertiary/aromatic N) is 4. The summed E-state index contributed by atoms with van der Waals surface area (Å²) in [7, 11) is 5.07. The number of benzene rings is 2. The molecule has 1 heterocycles. The van der Waals surface area contributed by atoms with Gasteiger partial charge in [-0.25, -0.2) is 5.01 Å². The molecule has 9 nitrogen and oxygen atoms in total. The lowest BCUT2D eigenvalue weighted by Crippen LogP contribution is -2.48. The van der Waals surface area contributed by atoms with Crippen LogP contribution in [0, 0.1) is 11.3 Å². The highest BCUT2D eigenvalue weighted by Crippen LogP contribution is 2.30. The topological polar surface area (TPSA) is 101 Å². The number of fused-ring (bicyclic) bond motifs is 1. The maximum atomic E-state index is 13.3. The minimum absolute atomic E-state index is 0.0469. The van der Waals surface area contributed by atoms with Gasteiger partial charge in [-0.15, -0.1) is 0 Å². The van der Waals surface area contributed by atoms with Crippen molar-refractivity contribution in [3.05, 3.63) is 59.2 Å². The molecule has 1 aliphatic rings. The van der Waals surface area contributed by atoms with Crippen LogP contribution in [-0.2, 0) is 22.7 Å². The maximum absolute atomic E-state index is 13.3. The lowest BCUT2D eigenvalue weighted by atomic mass is 10.1. The number of nitriles is 1. The van der Waals surface area contributed by atoms with Crippen LogP contribution in [0.4, 0.5) is 5.69 Å². The third kappa shape index (κ3) is 6.00. The van der Waals surface area contributed by atoms with E-state index in [4.69, 9.17) is 4.74 Å². The number of methoxy groups -OCH3 is 1. The number of carbonyl (C=O) groups is 2. The summed E-state index contributed by atoms with van der Waals surface area (Å²) < 4.78 is 5.46. The standard InChI is InChI=1S/C24H30N6O3/c1-26-10-11-27-23(31)16-29(21-12-18(13-25)8-9-22(21)33-3)17-24(32)28(2)30-14-19-6-4-5-7-20(19)15-30/h4-9,12,26H,10-11,14-17H2,1-3H3,(H,27,31). The molecule has 0 spiro atoms. The highest BCUT2D eigenvalue weighted by molar-refractivity contribution is 5.87. The fourth-order valence-corrected chi connectivity index (χ4v) is 3.74. The molecule has 0 bridgehead atoms. The van der Waals surface area contributed by atoms with Crippen LogP contribution in [0.3, 0.4) is 0 Å². The second-order valence-electron chi connectivity index (χ2n) is 7.82. The van der Waals surface area contributed by atoms with Crippen molar-refractivity contribution < 1.29 is 14.3 Å². The van der Waals surface area contributed by atoms with E-state index in [0.29, 0.717) is 43.2 Å². The van der Waals surface area contributed by atoms with Crippen LogP contribution in [0.25, 0.3) is 0 Å². The molecule has 1 aliphatic heterocycles. The molecule has 0 aromatic heterocycles. The normalized spacial score (nSPS) is 12.5. The molecule has 0 aliphatic carbocycles. The largest absolute Gasteiger partial charge is 0.495 e. The number of anilines is 1. The number of hydrazine groups is 1. The summed E-state index contributed by atoms with van der Waals surface area (Å²) in [4.78, 5) is 27.5. The lowest BCUT2D eigenvalue weighted by molar-refractivity contribution is -0.145. The van der Waals surface area contributed by atoms with E-state index < -0.39 is 0 Å². The van der Waals surface area contributed by atoms with E-state index in [-0.39, 0.29) is 24.9 Å². The Labute approximate surface area is 194 Å². The highest BCUT2D eigenvalue weighted by atomic mass is 16.5. The molecule has 2 aromatic rings. The van der Waals surface area contributed by atoms with E-state index in [0.717, 1.165) is 0 Å². The second kappa shape index (κ2) is 11.3. The van der Waals surface area contributed by atoms with Crippen molar-refractivity contribution in [2.45, 2.75) is 13.1 Å². The fourth-order valence-electron chi connectivity index (χ4n) is 3.74. The molecular weight excluding hydrogens is 420 g/mol. The van der Waals surface area contributed by atoms with E-state index in [1.807, 2.05) is 24.2 Å². The van der Waals surface area contributed by atoms with Gasteiger partial charge in [0.15, 0.2) is 0 Å². The van der Waals surface area contributed by atoms with Gasteiger partial charge in [-0.05, 0) is 36.4 Å². The molecule has 0 atom stereocenters. The molecule has 2 aromatic carbocycles. The monoisotopic (exact) mass is 450 g/mol. The Balaban J connectivity index is 1.78. The summed E-state index contributed by atoms with van der Waals surface area (Å²) in [5.41, 5.74) is 3.33. The van der Waals surface area contributed by atoms with Gasteiger partial charge in [0, 0.05) is 33.2 Å². The minimum Gasteiger partial charge on any atom is -0.495 e. The average molecular weight is 451 g/mol. The first kappa shape index (κ1) is 24.0. The molecule has 0 radical (unpaired) electrons. The SMILES string of the molecule is CNCCNC(=O)CN(CC(=O)N(C)N1Cc2ccccc2C1)c1cc(C#N)ccc1OC. The van der Waals surface area contributed by atoms with E-state index >= 15 is 0 Å². The number of ether oxygens (including phenoxy) is 1. The van der Waals surface area contributed by atoms with E-state index in [2.05, 4.69) is 28.8 Å². The minimum atomic E-state index is -0.223. The molecule has 0 unspecified atom stereocenters. The smallest absolute Gasteiger partial charge is 0.256 e. The van der Waals surface area contributed by atoms with Gasteiger partial charge in [-0.2, -0.15) is 5.26 Å². The Hall–Kier alpha value is -3.61. The Kier molecular flexibility index (Phi) is 8.24. The predicted molar refractivity (Wildman–Crippen MR) is 125 cm³/mol. The van der Waals surface area contributed by atoms with Gasteiger partial charge in [0.05, 0.1) is 37.5 Å². The van der Waals surface area contributed by atoms with E-state index in [9.17, 15) is 14.9 Å². The molecule has 2 amide bonds. The first-order valence-corrected chi connectivity index (χ1v) is 10.8. The Morgan fingerprint density at radius 1 is 1.12 bits per heavy atom. The van der Waals surface area contributed by atoms with Gasteiger partial charge in [-0.3, -0.25) is 14.6 Å². The lowest BCUT2D eigenvalue weighted by Gasteiger charge is -2.31. The Bertz CT molecular complexity index is 1010. The summed E-state index contributed by atoms with van der Waals surface area (Å²) in [6, 6.07) is 15.2. The molecular formula is C24H30N6O3. The van der Waals surface area contributed by atoms with Gasteiger partial charge in [0.25, 0.3) is 5.91 Å². The number of likely N-dealkylation sites (N-methyl/N-ethyl adjacent to an activating group) is 2. The number of nitrogens with one attached hydrogen (secondary N) is 2. The number of carbonyl (C=O) groups excluding carboxylic acids is 2. The highest BCUT2D eigenvalue weighted by Gasteiger charge is 2.27. The zero-order valence-corrected chi connectivity index (χ0v) is 19.3. The zero-order valence-electron chi connectivity index (χ0n) is 19.3. The second-order valence-corrected chi connectivity index (χ2v) is 7.82. The van der Waals surface area contributed by atoms with Crippen molar-refractivity contribution in [3.8, 4) is 11.8 Å². The molecule has 3 rings (SSSR count). The molecule has 2 N–H and O–H groups in total. The quantitative estimate of drug-likeness (QED) is 0.523. The van der Waals surface area contributed by atoms with Crippen LogP contribution in [0.1, 0.15) is 16.7 Å². The van der Waals surface area contributed by atoms with Gasteiger partial charge >= 0.3 is 0 Å². The predicted octanol–water partition coefficient (Wildman–Crippen LogP) is 1.10. The van der Waals surface area contributed by atoms with Crippen molar-refractivity contribution >= 4 is 17.5 Å². The van der Waals surface area contributed by atoms with Crippen LogP contribution >= 0.6 is 0 Å². The van der Waals surface area contributed by atoms with Crippen molar-refractivity contribution in [2.24, 2.45) is 0 Å². The van der Waals surface area contributed by atoms with Crippen molar-refractivity contribution in [2.75, 3.05) is 52.3 Å². The summed E-state index contributed by atoms with van der Waals surface area (Å²) in [6.07, 6.45) is 0. The molecule has 9 heteroatoms. The maximum Gasteiger partial charge on any atom is 0.256 e. The average Bonchev–Trinajstić information content (AvgIpc) is 3.27. The summed E-state index contributed by atoms with van der Waals surface area (Å²) in [5, 5.41) is 18.7. The summed E-state index contributed by atoms with van der Waals surface area (Å²) >= 11 is 0. The number of hydrogen-bond acceptors (Lipinski definition) is 7. The number of amides is 2. The number of rotatable bonds is 10.